The van der Waals surface area contributed by atoms with Crippen LogP contribution in [-0.2, 0) is 10.3 Å². The van der Waals surface area contributed by atoms with Crippen LogP contribution in [0.4, 0.5) is 0 Å². The van der Waals surface area contributed by atoms with E-state index < -0.39 is 5.60 Å². The summed E-state index contributed by atoms with van der Waals surface area (Å²) in [7, 11) is 0. The Kier molecular flexibility index (Phi) is 5.17. The van der Waals surface area contributed by atoms with Gasteiger partial charge in [0.15, 0.2) is 5.96 Å². The fraction of sp³-hybridized carbons (Fsp3) is 0.682. The zero-order valence-electron chi connectivity index (χ0n) is 16.6. The standard InChI is InChI=1S/C22H33N3O2/c1-3-23-20(24-15-21(2,26)16-9-5-4-6-10-16)25-18-17-11-14-27-19(17)22(18)12-7-8-13-22/h4-6,9-10,17-19,26H,3,7-8,11-15H2,1-2H3,(H2,23,24,25). The number of guanidine groups is 1. The van der Waals surface area contributed by atoms with E-state index in [1.54, 1.807) is 0 Å². The highest BCUT2D eigenvalue weighted by molar-refractivity contribution is 5.80. The number of nitrogens with zero attached hydrogens (tertiary/aromatic N) is 1. The average molecular weight is 372 g/mol. The first-order valence-electron chi connectivity index (χ1n) is 10.5. The minimum atomic E-state index is -0.979. The summed E-state index contributed by atoms with van der Waals surface area (Å²) in [6, 6.07) is 10.2. The summed E-state index contributed by atoms with van der Waals surface area (Å²) in [4.78, 5) is 4.76. The van der Waals surface area contributed by atoms with Gasteiger partial charge in [-0.25, -0.2) is 4.99 Å². The Labute approximate surface area is 162 Å². The molecule has 4 rings (SSSR count). The molecule has 0 bridgehead atoms. The highest BCUT2D eigenvalue weighted by atomic mass is 16.5. The number of rotatable bonds is 5. The van der Waals surface area contributed by atoms with Crippen molar-refractivity contribution in [3.63, 3.8) is 0 Å². The number of hydrogen-bond acceptors (Lipinski definition) is 3. The first-order valence-corrected chi connectivity index (χ1v) is 10.5. The fourth-order valence-electron chi connectivity index (χ4n) is 5.49. The third-order valence-corrected chi connectivity index (χ3v) is 6.86. The van der Waals surface area contributed by atoms with E-state index in [1.165, 1.54) is 25.7 Å². The molecule has 5 nitrogen and oxygen atoms in total. The molecule has 3 aliphatic rings. The van der Waals surface area contributed by atoms with Gasteiger partial charge < -0.3 is 20.5 Å². The Morgan fingerprint density at radius 1 is 1.30 bits per heavy atom. The largest absolute Gasteiger partial charge is 0.384 e. The van der Waals surface area contributed by atoms with Gasteiger partial charge in [-0.15, -0.1) is 0 Å². The molecule has 148 valence electrons. The molecule has 27 heavy (non-hydrogen) atoms. The van der Waals surface area contributed by atoms with Crippen LogP contribution in [0.25, 0.3) is 0 Å². The van der Waals surface area contributed by atoms with Gasteiger partial charge in [-0.2, -0.15) is 0 Å². The van der Waals surface area contributed by atoms with Gasteiger partial charge in [0.25, 0.3) is 0 Å². The van der Waals surface area contributed by atoms with Crippen molar-refractivity contribution < 1.29 is 9.84 Å². The second kappa shape index (κ2) is 7.44. The molecule has 4 atom stereocenters. The minimum Gasteiger partial charge on any atom is -0.384 e. The lowest BCUT2D eigenvalue weighted by atomic mass is 9.54. The normalized spacial score (nSPS) is 31.2. The number of aliphatic hydroxyl groups is 1. The van der Waals surface area contributed by atoms with Gasteiger partial charge in [0, 0.05) is 30.5 Å². The molecule has 3 fully saturated rings. The number of nitrogens with one attached hydrogen (secondary N) is 2. The quantitative estimate of drug-likeness (QED) is 0.550. The molecule has 0 aromatic heterocycles. The molecular formula is C22H33N3O2. The Morgan fingerprint density at radius 2 is 2.04 bits per heavy atom. The molecular weight excluding hydrogens is 338 g/mol. The summed E-state index contributed by atoms with van der Waals surface area (Å²) in [5, 5.41) is 18.0. The van der Waals surface area contributed by atoms with Crippen LogP contribution in [0.1, 0.15) is 51.5 Å². The van der Waals surface area contributed by atoms with Crippen molar-refractivity contribution in [1.29, 1.82) is 0 Å². The van der Waals surface area contributed by atoms with Crippen molar-refractivity contribution in [1.82, 2.24) is 10.6 Å². The summed E-state index contributed by atoms with van der Waals surface area (Å²) < 4.78 is 6.09. The summed E-state index contributed by atoms with van der Waals surface area (Å²) in [5.74, 6) is 1.41. The van der Waals surface area contributed by atoms with Crippen molar-refractivity contribution in [3.05, 3.63) is 35.9 Å². The maximum Gasteiger partial charge on any atom is 0.191 e. The Bertz CT molecular complexity index is 667. The first-order chi connectivity index (χ1) is 13.1. The number of hydrogen-bond donors (Lipinski definition) is 3. The van der Waals surface area contributed by atoms with E-state index in [2.05, 4.69) is 17.6 Å². The van der Waals surface area contributed by atoms with Crippen LogP contribution in [0.5, 0.6) is 0 Å². The monoisotopic (exact) mass is 371 g/mol. The Morgan fingerprint density at radius 3 is 2.74 bits per heavy atom. The fourth-order valence-corrected chi connectivity index (χ4v) is 5.49. The molecule has 1 aromatic rings. The summed E-state index contributed by atoms with van der Waals surface area (Å²) in [5.41, 5.74) is 0.205. The molecule has 4 unspecified atom stereocenters. The van der Waals surface area contributed by atoms with E-state index in [-0.39, 0.29) is 0 Å². The molecule has 1 saturated heterocycles. The van der Waals surface area contributed by atoms with Gasteiger partial charge in [-0.05, 0) is 38.7 Å². The molecule has 2 saturated carbocycles. The van der Waals surface area contributed by atoms with Crippen molar-refractivity contribution in [2.75, 3.05) is 19.7 Å². The molecule has 1 aliphatic heterocycles. The highest BCUT2D eigenvalue weighted by Gasteiger charge is 2.65. The molecule has 2 aliphatic carbocycles. The lowest BCUT2D eigenvalue weighted by molar-refractivity contribution is -0.125. The van der Waals surface area contributed by atoms with Gasteiger partial charge >= 0.3 is 0 Å². The summed E-state index contributed by atoms with van der Waals surface area (Å²) in [6.07, 6.45) is 6.71. The van der Waals surface area contributed by atoms with Gasteiger partial charge in [0.05, 0.1) is 12.6 Å². The molecule has 1 heterocycles. The van der Waals surface area contributed by atoms with E-state index >= 15 is 0 Å². The smallest absolute Gasteiger partial charge is 0.191 e. The predicted octanol–water partition coefficient (Wildman–Crippen LogP) is 2.80. The van der Waals surface area contributed by atoms with E-state index in [4.69, 9.17) is 9.73 Å². The van der Waals surface area contributed by atoms with Crippen LogP contribution >= 0.6 is 0 Å². The van der Waals surface area contributed by atoms with Crippen LogP contribution in [0.2, 0.25) is 0 Å². The highest BCUT2D eigenvalue weighted by Crippen LogP contribution is 2.60. The van der Waals surface area contributed by atoms with Gasteiger partial charge in [0.1, 0.15) is 5.60 Å². The van der Waals surface area contributed by atoms with E-state index in [1.807, 2.05) is 37.3 Å². The van der Waals surface area contributed by atoms with Gasteiger partial charge in [0.2, 0.25) is 0 Å². The van der Waals surface area contributed by atoms with Gasteiger partial charge in [-0.3, -0.25) is 0 Å². The summed E-state index contributed by atoms with van der Waals surface area (Å²) in [6.45, 7) is 5.95. The second-order valence-electron chi connectivity index (χ2n) is 8.64. The number of aliphatic imine (C=N–C) groups is 1. The van der Waals surface area contributed by atoms with E-state index in [0.717, 1.165) is 31.1 Å². The van der Waals surface area contributed by atoms with Crippen LogP contribution in [0.3, 0.4) is 0 Å². The van der Waals surface area contributed by atoms with Crippen molar-refractivity contribution >= 4 is 5.96 Å². The lowest BCUT2D eigenvalue weighted by Gasteiger charge is -2.57. The van der Waals surface area contributed by atoms with Crippen LogP contribution in [0, 0.1) is 11.3 Å². The number of fused-ring (bicyclic) bond motifs is 2. The lowest BCUT2D eigenvalue weighted by Crippen LogP contribution is -2.69. The van der Waals surface area contributed by atoms with Crippen LogP contribution in [0.15, 0.2) is 35.3 Å². The van der Waals surface area contributed by atoms with Crippen molar-refractivity contribution in [2.24, 2.45) is 16.3 Å². The molecule has 0 amide bonds. The molecule has 3 N–H and O–H groups in total. The topological polar surface area (TPSA) is 65.9 Å². The number of benzene rings is 1. The Hall–Kier alpha value is -1.59. The predicted molar refractivity (Wildman–Crippen MR) is 108 cm³/mol. The van der Waals surface area contributed by atoms with Crippen LogP contribution < -0.4 is 10.6 Å². The zero-order valence-corrected chi connectivity index (χ0v) is 16.6. The third kappa shape index (κ3) is 3.36. The second-order valence-corrected chi connectivity index (χ2v) is 8.64. The molecule has 0 radical (unpaired) electrons. The van der Waals surface area contributed by atoms with Crippen molar-refractivity contribution in [2.45, 2.75) is 63.7 Å². The minimum absolute atomic E-state index is 0.291. The van der Waals surface area contributed by atoms with E-state index in [0.29, 0.717) is 30.0 Å². The third-order valence-electron chi connectivity index (χ3n) is 6.86. The van der Waals surface area contributed by atoms with Crippen molar-refractivity contribution in [3.8, 4) is 0 Å². The Balaban J connectivity index is 1.48. The first kappa shape index (κ1) is 18.8. The SMILES string of the molecule is CCNC(=NCC(C)(O)c1ccccc1)NC1C2CCOC2C12CCCC2. The van der Waals surface area contributed by atoms with Crippen LogP contribution in [-0.4, -0.2) is 42.9 Å². The molecule has 1 spiro atoms. The van der Waals surface area contributed by atoms with Gasteiger partial charge in [-0.1, -0.05) is 43.2 Å². The average Bonchev–Trinajstić information content (AvgIpc) is 3.33. The maximum atomic E-state index is 10.9. The maximum absolute atomic E-state index is 10.9. The van der Waals surface area contributed by atoms with E-state index in [9.17, 15) is 5.11 Å². The zero-order chi connectivity index (χ0) is 18.9. The molecule has 5 heteroatoms. The molecule has 1 aromatic carbocycles. The summed E-state index contributed by atoms with van der Waals surface area (Å²) >= 11 is 0. The number of ether oxygens (including phenoxy) is 1.